The Morgan fingerprint density at radius 1 is 1.26 bits per heavy atom. The monoisotopic (exact) mass is 440 g/mol. The van der Waals surface area contributed by atoms with Crippen molar-refractivity contribution in [1.82, 2.24) is 25.1 Å². The Bertz CT molecular complexity index is 1040. The van der Waals surface area contributed by atoms with Crippen LogP contribution in [0.25, 0.3) is 0 Å². The van der Waals surface area contributed by atoms with Crippen LogP contribution in [0.4, 0.5) is 10.9 Å². The fourth-order valence-electron chi connectivity index (χ4n) is 3.72. The van der Waals surface area contributed by atoms with E-state index >= 15 is 0 Å². The maximum atomic E-state index is 12.8. The molecule has 4 heterocycles. The molecule has 164 valence electrons. The van der Waals surface area contributed by atoms with Crippen LogP contribution >= 0.6 is 11.3 Å². The molecule has 1 fully saturated rings. The lowest BCUT2D eigenvalue weighted by Crippen LogP contribution is -2.42. The largest absolute Gasteiger partial charge is 0.368 e. The summed E-state index contributed by atoms with van der Waals surface area (Å²) in [5.41, 5.74) is 4.96. The zero-order chi connectivity index (χ0) is 22.0. The summed E-state index contributed by atoms with van der Waals surface area (Å²) in [4.78, 5) is 25.1. The summed E-state index contributed by atoms with van der Waals surface area (Å²) in [6.45, 7) is 9.63. The van der Waals surface area contributed by atoms with Gasteiger partial charge in [0.05, 0.1) is 30.2 Å². The van der Waals surface area contributed by atoms with E-state index in [1.165, 1.54) is 4.88 Å². The van der Waals surface area contributed by atoms with Gasteiger partial charge in [-0.05, 0) is 51.8 Å². The highest BCUT2D eigenvalue weighted by atomic mass is 32.1. The zero-order valence-corrected chi connectivity index (χ0v) is 19.2. The number of nitrogens with one attached hydrogen (secondary N) is 2. The third kappa shape index (κ3) is 4.94. The third-order valence-corrected chi connectivity index (χ3v) is 6.64. The number of aromatic amines is 1. The molecule has 0 saturated carbocycles. The average Bonchev–Trinajstić information content (AvgIpc) is 3.26. The van der Waals surface area contributed by atoms with E-state index in [-0.39, 0.29) is 12.0 Å². The number of ether oxygens (including phenoxy) is 1. The lowest BCUT2D eigenvalue weighted by molar-refractivity contribution is -0.139. The van der Waals surface area contributed by atoms with Gasteiger partial charge >= 0.3 is 0 Å². The fraction of sp³-hybridized carbons (Fsp3) is 0.455. The van der Waals surface area contributed by atoms with Crippen LogP contribution in [0.3, 0.4) is 0 Å². The number of carbonyl (C=O) groups excluding carboxylic acids is 1. The van der Waals surface area contributed by atoms with Gasteiger partial charge in [-0.25, -0.2) is 9.97 Å². The maximum absolute atomic E-state index is 12.8. The first kappa shape index (κ1) is 21.5. The molecule has 1 saturated heterocycles. The smallest absolute Gasteiger partial charge is 0.223 e. The number of pyridine rings is 1. The van der Waals surface area contributed by atoms with Crippen molar-refractivity contribution in [3.8, 4) is 0 Å². The van der Waals surface area contributed by atoms with Crippen LogP contribution in [0.15, 0.2) is 18.2 Å². The Morgan fingerprint density at radius 2 is 2.10 bits per heavy atom. The van der Waals surface area contributed by atoms with Gasteiger partial charge < -0.3 is 15.0 Å². The second kappa shape index (κ2) is 9.15. The number of H-pyrrole nitrogens is 1. The summed E-state index contributed by atoms with van der Waals surface area (Å²) < 4.78 is 5.95. The number of thiazole rings is 1. The number of anilines is 2. The van der Waals surface area contributed by atoms with Gasteiger partial charge in [0.15, 0.2) is 5.13 Å². The Kier molecular flexibility index (Phi) is 6.33. The predicted molar refractivity (Wildman–Crippen MR) is 121 cm³/mol. The summed E-state index contributed by atoms with van der Waals surface area (Å²) in [7, 11) is 0. The summed E-state index contributed by atoms with van der Waals surface area (Å²) in [5.74, 6) is 0.862. The molecule has 3 aromatic rings. The summed E-state index contributed by atoms with van der Waals surface area (Å²) >= 11 is 1.61. The van der Waals surface area contributed by atoms with Crippen molar-refractivity contribution in [2.24, 2.45) is 0 Å². The molecule has 1 aliphatic rings. The first-order chi connectivity index (χ1) is 14.9. The fourth-order valence-corrected chi connectivity index (χ4v) is 4.54. The van der Waals surface area contributed by atoms with E-state index in [4.69, 9.17) is 9.72 Å². The first-order valence-electron chi connectivity index (χ1n) is 10.5. The molecule has 0 bridgehead atoms. The standard InChI is InChI=1S/C22H28N6O2S/c1-13-16(4)31-22(23-13)25-20-7-5-6-18(24-20)19-12-28(10-11-30-19)21(29)9-8-17-14(2)26-27-15(17)3/h5-7,19H,8-12H2,1-4H3,(H,26,27)(H,23,24,25)/t19-/m0/s1. The maximum Gasteiger partial charge on any atom is 0.223 e. The number of hydrogen-bond acceptors (Lipinski definition) is 7. The number of carbonyl (C=O) groups is 1. The van der Waals surface area contributed by atoms with Gasteiger partial charge in [-0.3, -0.25) is 9.89 Å². The minimum atomic E-state index is -0.239. The van der Waals surface area contributed by atoms with E-state index in [1.807, 2.05) is 43.9 Å². The van der Waals surface area contributed by atoms with Crippen LogP contribution in [0.1, 0.15) is 45.7 Å². The molecule has 1 atom stereocenters. The molecule has 4 rings (SSSR count). The number of nitrogens with zero attached hydrogens (tertiary/aromatic N) is 4. The Labute approximate surface area is 186 Å². The van der Waals surface area contributed by atoms with Crippen molar-refractivity contribution >= 4 is 28.2 Å². The van der Waals surface area contributed by atoms with Crippen LogP contribution < -0.4 is 5.32 Å². The second-order valence-corrected chi connectivity index (χ2v) is 9.05. The highest BCUT2D eigenvalue weighted by Gasteiger charge is 2.26. The van der Waals surface area contributed by atoms with Crippen molar-refractivity contribution in [1.29, 1.82) is 0 Å². The third-order valence-electron chi connectivity index (χ3n) is 5.65. The Hall–Kier alpha value is -2.78. The number of hydrogen-bond donors (Lipinski definition) is 2. The van der Waals surface area contributed by atoms with E-state index in [1.54, 1.807) is 11.3 Å². The van der Waals surface area contributed by atoms with E-state index in [2.05, 4.69) is 27.4 Å². The van der Waals surface area contributed by atoms with Gasteiger partial charge in [0, 0.05) is 23.5 Å². The second-order valence-electron chi connectivity index (χ2n) is 7.85. The van der Waals surface area contributed by atoms with E-state index in [0.29, 0.717) is 32.5 Å². The summed E-state index contributed by atoms with van der Waals surface area (Å²) in [5, 5.41) is 11.3. The molecule has 9 heteroatoms. The molecule has 3 aromatic heterocycles. The Morgan fingerprint density at radius 3 is 2.81 bits per heavy atom. The molecule has 0 radical (unpaired) electrons. The van der Waals surface area contributed by atoms with Crippen molar-refractivity contribution in [2.45, 2.75) is 46.6 Å². The molecule has 1 amide bonds. The molecule has 0 aliphatic carbocycles. The van der Waals surface area contributed by atoms with Gasteiger partial charge in [0.2, 0.25) is 5.91 Å². The van der Waals surface area contributed by atoms with Crippen LogP contribution in [0.2, 0.25) is 0 Å². The van der Waals surface area contributed by atoms with Gasteiger partial charge in [0.25, 0.3) is 0 Å². The SMILES string of the molecule is Cc1nc(Nc2cccc([C@@H]3CN(C(=O)CCc4c(C)n[nH]c4C)CCO3)n2)sc1C. The number of aromatic nitrogens is 4. The van der Waals surface area contributed by atoms with Gasteiger partial charge in [0.1, 0.15) is 11.9 Å². The van der Waals surface area contributed by atoms with E-state index in [0.717, 1.165) is 39.3 Å². The average molecular weight is 441 g/mol. The number of aryl methyl sites for hydroxylation is 4. The first-order valence-corrected chi connectivity index (χ1v) is 11.3. The molecule has 0 aromatic carbocycles. The minimum absolute atomic E-state index is 0.135. The molecule has 0 unspecified atom stereocenters. The van der Waals surface area contributed by atoms with Gasteiger partial charge in [-0.15, -0.1) is 11.3 Å². The lowest BCUT2D eigenvalue weighted by atomic mass is 10.1. The Balaban J connectivity index is 1.39. The zero-order valence-electron chi connectivity index (χ0n) is 18.4. The quantitative estimate of drug-likeness (QED) is 0.606. The van der Waals surface area contributed by atoms with Crippen LogP contribution in [0.5, 0.6) is 0 Å². The highest BCUT2D eigenvalue weighted by molar-refractivity contribution is 7.15. The van der Waals surface area contributed by atoms with Crippen molar-refractivity contribution in [3.05, 3.63) is 51.4 Å². The van der Waals surface area contributed by atoms with Crippen molar-refractivity contribution < 1.29 is 9.53 Å². The normalized spacial score (nSPS) is 16.5. The molecule has 8 nitrogen and oxygen atoms in total. The number of rotatable bonds is 6. The highest BCUT2D eigenvalue weighted by Crippen LogP contribution is 2.26. The van der Waals surface area contributed by atoms with Crippen LogP contribution in [-0.2, 0) is 16.0 Å². The minimum Gasteiger partial charge on any atom is -0.368 e. The number of amides is 1. The lowest BCUT2D eigenvalue weighted by Gasteiger charge is -2.33. The molecular weight excluding hydrogens is 412 g/mol. The summed E-state index contributed by atoms with van der Waals surface area (Å²) in [6.07, 6.45) is 0.919. The molecule has 1 aliphatic heterocycles. The predicted octanol–water partition coefficient (Wildman–Crippen LogP) is 3.77. The van der Waals surface area contributed by atoms with Gasteiger partial charge in [-0.1, -0.05) is 6.07 Å². The van der Waals surface area contributed by atoms with Crippen molar-refractivity contribution in [3.63, 3.8) is 0 Å². The topological polar surface area (TPSA) is 96.0 Å². The molecule has 31 heavy (non-hydrogen) atoms. The van der Waals surface area contributed by atoms with E-state index in [9.17, 15) is 4.79 Å². The van der Waals surface area contributed by atoms with Crippen LogP contribution in [0, 0.1) is 27.7 Å². The summed E-state index contributed by atoms with van der Waals surface area (Å²) in [6, 6.07) is 5.81. The molecule has 0 spiro atoms. The molecule has 2 N–H and O–H groups in total. The number of morpholine rings is 1. The van der Waals surface area contributed by atoms with Crippen molar-refractivity contribution in [2.75, 3.05) is 25.0 Å². The van der Waals surface area contributed by atoms with Gasteiger partial charge in [-0.2, -0.15) is 5.10 Å². The molecular formula is C22H28N6O2S. The van der Waals surface area contributed by atoms with E-state index < -0.39 is 0 Å². The van der Waals surface area contributed by atoms with Crippen LogP contribution in [-0.4, -0.2) is 50.7 Å².